The lowest BCUT2D eigenvalue weighted by atomic mass is 10.3. The van der Waals surface area contributed by atoms with E-state index in [0.29, 0.717) is 12.4 Å². The van der Waals surface area contributed by atoms with Gasteiger partial charge in [-0.05, 0) is 18.4 Å². The highest BCUT2D eigenvalue weighted by Gasteiger charge is 2.13. The zero-order chi connectivity index (χ0) is 13.0. The predicted octanol–water partition coefficient (Wildman–Crippen LogP) is 1.60. The summed E-state index contributed by atoms with van der Waals surface area (Å²) in [5.74, 6) is 0.672. The smallest absolute Gasteiger partial charge is 0.242 e. The van der Waals surface area contributed by atoms with Gasteiger partial charge < -0.3 is 10.6 Å². The van der Waals surface area contributed by atoms with Gasteiger partial charge in [0.2, 0.25) is 5.91 Å². The first-order valence-corrected chi connectivity index (χ1v) is 6.59. The van der Waals surface area contributed by atoms with Crippen molar-refractivity contribution in [2.24, 2.45) is 7.05 Å². The summed E-state index contributed by atoms with van der Waals surface area (Å²) in [6, 6.07) is 5.51. The molecular weight excluding hydrogens is 248 g/mol. The summed E-state index contributed by atoms with van der Waals surface area (Å²) in [6.45, 7) is 2.39. The lowest BCUT2D eigenvalue weighted by molar-refractivity contribution is -0.121. The molecule has 0 aliphatic carbocycles. The molecule has 0 aromatic carbocycles. The van der Waals surface area contributed by atoms with Crippen molar-refractivity contribution in [3.63, 3.8) is 0 Å². The van der Waals surface area contributed by atoms with Crippen molar-refractivity contribution < 1.29 is 4.79 Å². The van der Waals surface area contributed by atoms with Crippen LogP contribution in [0.5, 0.6) is 0 Å². The molecule has 18 heavy (non-hydrogen) atoms. The molecule has 0 saturated carbocycles. The molecule has 2 heterocycles. The van der Waals surface area contributed by atoms with Crippen LogP contribution in [0.4, 0.5) is 5.82 Å². The highest BCUT2D eigenvalue weighted by Crippen LogP contribution is 2.08. The zero-order valence-corrected chi connectivity index (χ0v) is 11.2. The van der Waals surface area contributed by atoms with Crippen LogP contribution >= 0.6 is 11.3 Å². The van der Waals surface area contributed by atoms with Crippen LogP contribution in [0, 0.1) is 0 Å². The molecule has 1 atom stereocenters. The third kappa shape index (κ3) is 3.33. The Labute approximate surface area is 110 Å². The van der Waals surface area contributed by atoms with Gasteiger partial charge in [-0.25, -0.2) is 0 Å². The molecule has 0 spiro atoms. The maximum atomic E-state index is 11.8. The second kappa shape index (κ2) is 5.68. The van der Waals surface area contributed by atoms with Crippen molar-refractivity contribution in [3.8, 4) is 0 Å². The van der Waals surface area contributed by atoms with Crippen LogP contribution in [-0.2, 0) is 18.4 Å². The van der Waals surface area contributed by atoms with Gasteiger partial charge in [0.25, 0.3) is 0 Å². The van der Waals surface area contributed by atoms with Gasteiger partial charge in [-0.2, -0.15) is 5.10 Å². The molecule has 6 heteroatoms. The van der Waals surface area contributed by atoms with Crippen molar-refractivity contribution in [1.82, 2.24) is 15.1 Å². The van der Waals surface area contributed by atoms with Gasteiger partial charge in [0.05, 0.1) is 6.54 Å². The van der Waals surface area contributed by atoms with E-state index in [9.17, 15) is 4.79 Å². The van der Waals surface area contributed by atoms with Gasteiger partial charge >= 0.3 is 0 Å². The van der Waals surface area contributed by atoms with E-state index in [1.54, 1.807) is 16.0 Å². The predicted molar refractivity (Wildman–Crippen MR) is 72.5 cm³/mol. The van der Waals surface area contributed by atoms with Crippen LogP contribution in [0.15, 0.2) is 29.8 Å². The highest BCUT2D eigenvalue weighted by molar-refractivity contribution is 7.09. The molecule has 0 aliphatic rings. The lowest BCUT2D eigenvalue weighted by Crippen LogP contribution is -2.37. The van der Waals surface area contributed by atoms with E-state index in [-0.39, 0.29) is 11.9 Å². The van der Waals surface area contributed by atoms with Gasteiger partial charge in [-0.15, -0.1) is 11.3 Å². The third-order valence-corrected chi connectivity index (χ3v) is 3.36. The maximum absolute atomic E-state index is 11.8. The van der Waals surface area contributed by atoms with Gasteiger partial charge in [-0.3, -0.25) is 9.48 Å². The van der Waals surface area contributed by atoms with Gasteiger partial charge in [0, 0.05) is 24.2 Å². The molecule has 96 valence electrons. The van der Waals surface area contributed by atoms with E-state index >= 15 is 0 Å². The van der Waals surface area contributed by atoms with Crippen LogP contribution in [-0.4, -0.2) is 21.7 Å². The van der Waals surface area contributed by atoms with E-state index in [2.05, 4.69) is 15.7 Å². The van der Waals surface area contributed by atoms with E-state index in [0.717, 1.165) is 4.88 Å². The number of anilines is 1. The fraction of sp³-hybridized carbons (Fsp3) is 0.333. The minimum absolute atomic E-state index is 0.0333. The summed E-state index contributed by atoms with van der Waals surface area (Å²) in [4.78, 5) is 13.0. The number of aryl methyl sites for hydroxylation is 1. The molecule has 0 fully saturated rings. The number of carbonyl (C=O) groups excluding carboxylic acids is 1. The fourth-order valence-electron chi connectivity index (χ4n) is 1.52. The molecule has 0 bridgehead atoms. The van der Waals surface area contributed by atoms with Crippen molar-refractivity contribution in [1.29, 1.82) is 0 Å². The molecule has 5 nitrogen and oxygen atoms in total. The number of hydrogen-bond donors (Lipinski definition) is 2. The standard InChI is InChI=1S/C12H16N4OS/c1-9(14-11-5-6-16(2)15-11)12(17)13-8-10-4-3-7-18-10/h3-7,9H,8H2,1-2H3,(H,13,17)(H,14,15). The Bertz CT molecular complexity index is 506. The van der Waals surface area contributed by atoms with Crippen LogP contribution in [0.1, 0.15) is 11.8 Å². The second-order valence-electron chi connectivity index (χ2n) is 4.04. The summed E-state index contributed by atoms with van der Waals surface area (Å²) in [5, 5.41) is 12.1. The van der Waals surface area contributed by atoms with Gasteiger partial charge in [0.1, 0.15) is 11.9 Å². The van der Waals surface area contributed by atoms with Crippen molar-refractivity contribution in [2.75, 3.05) is 5.32 Å². The van der Waals surface area contributed by atoms with Crippen LogP contribution < -0.4 is 10.6 Å². The lowest BCUT2D eigenvalue weighted by Gasteiger charge is -2.12. The SMILES string of the molecule is CC(Nc1ccn(C)n1)C(=O)NCc1cccs1. The number of aromatic nitrogens is 2. The molecule has 2 aromatic rings. The van der Waals surface area contributed by atoms with E-state index in [1.165, 1.54) is 0 Å². The summed E-state index contributed by atoms with van der Waals surface area (Å²) < 4.78 is 1.69. The number of thiophene rings is 1. The van der Waals surface area contributed by atoms with E-state index < -0.39 is 0 Å². The fourth-order valence-corrected chi connectivity index (χ4v) is 2.16. The monoisotopic (exact) mass is 264 g/mol. The Morgan fingerprint density at radius 2 is 2.39 bits per heavy atom. The topological polar surface area (TPSA) is 59.0 Å². The van der Waals surface area contributed by atoms with Crippen molar-refractivity contribution in [3.05, 3.63) is 34.7 Å². The second-order valence-corrected chi connectivity index (χ2v) is 5.07. The van der Waals surface area contributed by atoms with Crippen molar-refractivity contribution in [2.45, 2.75) is 19.5 Å². The number of amides is 1. The number of carbonyl (C=O) groups is 1. The molecular formula is C12H16N4OS. The summed E-state index contributed by atoms with van der Waals surface area (Å²) in [5.41, 5.74) is 0. The Hall–Kier alpha value is -1.82. The molecule has 1 unspecified atom stereocenters. The highest BCUT2D eigenvalue weighted by atomic mass is 32.1. The average molecular weight is 264 g/mol. The van der Waals surface area contributed by atoms with Crippen LogP contribution in [0.3, 0.4) is 0 Å². The first-order chi connectivity index (χ1) is 8.65. The Morgan fingerprint density at radius 1 is 1.56 bits per heavy atom. The summed E-state index contributed by atoms with van der Waals surface area (Å²) >= 11 is 1.63. The Balaban J connectivity index is 1.81. The molecule has 2 rings (SSSR count). The minimum atomic E-state index is -0.306. The quantitative estimate of drug-likeness (QED) is 0.862. The Morgan fingerprint density at radius 3 is 3.00 bits per heavy atom. The Kier molecular flexibility index (Phi) is 3.99. The molecule has 0 aliphatic heterocycles. The third-order valence-electron chi connectivity index (χ3n) is 2.49. The summed E-state index contributed by atoms with van der Waals surface area (Å²) in [6.07, 6.45) is 1.83. The zero-order valence-electron chi connectivity index (χ0n) is 10.4. The first-order valence-electron chi connectivity index (χ1n) is 5.71. The van der Waals surface area contributed by atoms with Gasteiger partial charge in [-0.1, -0.05) is 6.07 Å². The summed E-state index contributed by atoms with van der Waals surface area (Å²) in [7, 11) is 1.84. The van der Waals surface area contributed by atoms with Crippen LogP contribution in [0.25, 0.3) is 0 Å². The molecule has 2 aromatic heterocycles. The van der Waals surface area contributed by atoms with E-state index in [4.69, 9.17) is 0 Å². The first kappa shape index (κ1) is 12.6. The normalized spacial score (nSPS) is 12.1. The van der Waals surface area contributed by atoms with Gasteiger partial charge in [0.15, 0.2) is 0 Å². The molecule has 1 amide bonds. The number of nitrogens with one attached hydrogen (secondary N) is 2. The molecule has 2 N–H and O–H groups in total. The van der Waals surface area contributed by atoms with Crippen LogP contribution in [0.2, 0.25) is 0 Å². The number of hydrogen-bond acceptors (Lipinski definition) is 4. The molecule has 0 saturated heterocycles. The minimum Gasteiger partial charge on any atom is -0.357 e. The van der Waals surface area contributed by atoms with E-state index in [1.807, 2.05) is 43.7 Å². The molecule has 0 radical (unpaired) electrons. The largest absolute Gasteiger partial charge is 0.357 e. The number of nitrogens with zero attached hydrogens (tertiary/aromatic N) is 2. The maximum Gasteiger partial charge on any atom is 0.242 e. The van der Waals surface area contributed by atoms with Crippen molar-refractivity contribution >= 4 is 23.1 Å². The average Bonchev–Trinajstić information content (AvgIpc) is 2.97. The number of rotatable bonds is 5.